The summed E-state index contributed by atoms with van der Waals surface area (Å²) in [5.74, 6) is 0.739. The smallest absolute Gasteiger partial charge is 0.310 e. The molecule has 1 aliphatic heterocycles. The number of nitrogens with zero attached hydrogens (tertiary/aromatic N) is 1. The van der Waals surface area contributed by atoms with Crippen molar-refractivity contribution in [1.29, 1.82) is 0 Å². The van der Waals surface area contributed by atoms with Crippen LogP contribution in [0.25, 0.3) is 0 Å². The highest BCUT2D eigenvalue weighted by atomic mass is 19.4. The first-order chi connectivity index (χ1) is 11.7. The van der Waals surface area contributed by atoms with Crippen LogP contribution < -0.4 is 10.6 Å². The molecule has 1 aromatic heterocycles. The van der Waals surface area contributed by atoms with Gasteiger partial charge in [0.05, 0.1) is 11.3 Å². The molecule has 3 rings (SSSR count). The zero-order chi connectivity index (χ0) is 18.2. The SMILES string of the molecule is O=C1Nc2ccc(F)c(F)c2C(C#Cc2ccccn2)(C(F)(F)F)N1. The van der Waals surface area contributed by atoms with Crippen molar-refractivity contribution in [3.05, 3.63) is 59.4 Å². The molecular weight excluding hydrogens is 345 g/mol. The average Bonchev–Trinajstić information content (AvgIpc) is 2.56. The summed E-state index contributed by atoms with van der Waals surface area (Å²) >= 11 is 0. The van der Waals surface area contributed by atoms with Crippen molar-refractivity contribution in [3.8, 4) is 11.8 Å². The molecule has 2 aromatic rings. The Kier molecular flexibility index (Phi) is 3.83. The van der Waals surface area contributed by atoms with Crippen molar-refractivity contribution in [1.82, 2.24) is 10.3 Å². The zero-order valence-corrected chi connectivity index (χ0v) is 12.2. The largest absolute Gasteiger partial charge is 0.427 e. The van der Waals surface area contributed by atoms with Gasteiger partial charge in [0.15, 0.2) is 11.6 Å². The van der Waals surface area contributed by atoms with Gasteiger partial charge in [0.2, 0.25) is 5.54 Å². The van der Waals surface area contributed by atoms with E-state index in [1.165, 1.54) is 24.4 Å². The lowest BCUT2D eigenvalue weighted by Gasteiger charge is -2.37. The number of benzene rings is 1. The van der Waals surface area contributed by atoms with Gasteiger partial charge < -0.3 is 10.6 Å². The zero-order valence-electron chi connectivity index (χ0n) is 12.2. The van der Waals surface area contributed by atoms with E-state index in [2.05, 4.69) is 10.9 Å². The minimum Gasteiger partial charge on any atom is -0.310 e. The molecule has 2 heterocycles. The molecule has 0 fully saturated rings. The van der Waals surface area contributed by atoms with Crippen molar-refractivity contribution >= 4 is 11.7 Å². The van der Waals surface area contributed by atoms with Crippen LogP contribution in [-0.4, -0.2) is 17.2 Å². The van der Waals surface area contributed by atoms with Crippen molar-refractivity contribution in [2.24, 2.45) is 0 Å². The Hall–Kier alpha value is -3.15. The fraction of sp³-hybridized carbons (Fsp3) is 0.125. The standard InChI is InChI=1S/C16H8F5N3O/c17-10-4-5-11-12(13(10)18)15(16(19,20)21,24-14(25)23-11)7-6-9-3-1-2-8-22-9/h1-5,8H,(H2,23,24,25). The number of rotatable bonds is 0. The minimum absolute atomic E-state index is 0.0303. The van der Waals surface area contributed by atoms with Crippen LogP contribution in [0.3, 0.4) is 0 Å². The van der Waals surface area contributed by atoms with Gasteiger partial charge in [-0.15, -0.1) is 0 Å². The highest BCUT2D eigenvalue weighted by Crippen LogP contribution is 2.45. The first-order valence-corrected chi connectivity index (χ1v) is 6.83. The Morgan fingerprint density at radius 1 is 1.12 bits per heavy atom. The van der Waals surface area contributed by atoms with Crippen molar-refractivity contribution in [3.63, 3.8) is 0 Å². The molecule has 2 N–H and O–H groups in total. The maximum absolute atomic E-state index is 14.2. The van der Waals surface area contributed by atoms with E-state index in [9.17, 15) is 26.7 Å². The van der Waals surface area contributed by atoms with Crippen LogP contribution in [0, 0.1) is 23.5 Å². The summed E-state index contributed by atoms with van der Waals surface area (Å²) in [6.45, 7) is 0. The number of carbonyl (C=O) groups excluding carboxylic acids is 1. The van der Waals surface area contributed by atoms with Gasteiger partial charge in [-0.2, -0.15) is 13.2 Å². The second kappa shape index (κ2) is 5.73. The maximum atomic E-state index is 14.2. The fourth-order valence-electron chi connectivity index (χ4n) is 2.38. The number of pyridine rings is 1. The lowest BCUT2D eigenvalue weighted by Crippen LogP contribution is -2.59. The van der Waals surface area contributed by atoms with Crippen LogP contribution in [0.15, 0.2) is 36.5 Å². The van der Waals surface area contributed by atoms with Crippen molar-refractivity contribution < 1.29 is 26.7 Å². The van der Waals surface area contributed by atoms with Crippen LogP contribution in [-0.2, 0) is 5.54 Å². The summed E-state index contributed by atoms with van der Waals surface area (Å²) in [6, 6.07) is 4.57. The van der Waals surface area contributed by atoms with E-state index in [1.807, 2.05) is 11.2 Å². The first-order valence-electron chi connectivity index (χ1n) is 6.83. The Balaban J connectivity index is 2.30. The van der Waals surface area contributed by atoms with Crippen LogP contribution >= 0.6 is 0 Å². The van der Waals surface area contributed by atoms with E-state index in [0.29, 0.717) is 6.07 Å². The van der Waals surface area contributed by atoms with Crippen LogP contribution in [0.2, 0.25) is 0 Å². The van der Waals surface area contributed by atoms with E-state index in [1.54, 1.807) is 5.32 Å². The van der Waals surface area contributed by atoms with Gasteiger partial charge >= 0.3 is 12.2 Å². The first kappa shape index (κ1) is 16.7. The Morgan fingerprint density at radius 2 is 1.88 bits per heavy atom. The quantitative estimate of drug-likeness (QED) is 0.564. The number of anilines is 1. The highest BCUT2D eigenvalue weighted by Gasteiger charge is 2.61. The number of halogens is 5. The molecule has 0 bridgehead atoms. The summed E-state index contributed by atoms with van der Waals surface area (Å²) in [4.78, 5) is 15.4. The van der Waals surface area contributed by atoms with E-state index < -0.39 is 40.6 Å². The summed E-state index contributed by atoms with van der Waals surface area (Å²) in [6.07, 6.45) is -3.92. The topological polar surface area (TPSA) is 54.0 Å². The van der Waals surface area contributed by atoms with Gasteiger partial charge in [-0.25, -0.2) is 18.6 Å². The number of alkyl halides is 3. The molecule has 0 aliphatic carbocycles. The molecule has 0 saturated heterocycles. The Labute approximate surface area is 138 Å². The van der Waals surface area contributed by atoms with Gasteiger partial charge in [0.25, 0.3) is 0 Å². The highest BCUT2D eigenvalue weighted by molar-refractivity contribution is 5.94. The summed E-state index contributed by atoms with van der Waals surface area (Å²) in [5, 5.41) is 3.59. The lowest BCUT2D eigenvalue weighted by molar-refractivity contribution is -0.179. The second-order valence-corrected chi connectivity index (χ2v) is 5.08. The third-order valence-electron chi connectivity index (χ3n) is 3.49. The molecular formula is C16H8F5N3O. The van der Waals surface area contributed by atoms with Gasteiger partial charge in [-0.1, -0.05) is 12.0 Å². The number of fused-ring (bicyclic) bond motifs is 1. The molecule has 0 radical (unpaired) electrons. The third kappa shape index (κ3) is 2.76. The number of hydrogen-bond acceptors (Lipinski definition) is 2. The molecule has 0 saturated carbocycles. The Morgan fingerprint density at radius 3 is 2.52 bits per heavy atom. The molecule has 25 heavy (non-hydrogen) atoms. The van der Waals surface area contributed by atoms with Crippen LogP contribution in [0.4, 0.5) is 32.4 Å². The van der Waals surface area contributed by atoms with Crippen molar-refractivity contribution in [2.45, 2.75) is 11.7 Å². The normalized spacial score (nSPS) is 19.2. The molecule has 1 atom stereocenters. The molecule has 1 aliphatic rings. The fourth-order valence-corrected chi connectivity index (χ4v) is 2.38. The van der Waals surface area contributed by atoms with Gasteiger partial charge in [-0.3, -0.25) is 0 Å². The molecule has 1 unspecified atom stereocenters. The summed E-state index contributed by atoms with van der Waals surface area (Å²) < 4.78 is 69.2. The summed E-state index contributed by atoms with van der Waals surface area (Å²) in [5.41, 5.74) is -5.11. The molecule has 0 spiro atoms. The average molecular weight is 353 g/mol. The molecule has 1 aromatic carbocycles. The lowest BCUT2D eigenvalue weighted by atomic mass is 9.86. The minimum atomic E-state index is -5.23. The van der Waals surface area contributed by atoms with Gasteiger partial charge in [-0.05, 0) is 30.2 Å². The predicted molar refractivity (Wildman–Crippen MR) is 77.4 cm³/mol. The van der Waals surface area contributed by atoms with E-state index in [-0.39, 0.29) is 5.69 Å². The van der Waals surface area contributed by atoms with Gasteiger partial charge in [0.1, 0.15) is 5.69 Å². The molecule has 9 heteroatoms. The van der Waals surface area contributed by atoms with E-state index >= 15 is 0 Å². The predicted octanol–water partition coefficient (Wildman–Crippen LogP) is 3.30. The number of nitrogens with one attached hydrogen (secondary N) is 2. The second-order valence-electron chi connectivity index (χ2n) is 5.08. The Bertz CT molecular complexity index is 902. The van der Waals surface area contributed by atoms with Gasteiger partial charge in [0, 0.05) is 6.20 Å². The monoisotopic (exact) mass is 353 g/mol. The third-order valence-corrected chi connectivity index (χ3v) is 3.49. The maximum Gasteiger partial charge on any atom is 0.427 e. The van der Waals surface area contributed by atoms with E-state index in [0.717, 1.165) is 6.07 Å². The molecule has 4 nitrogen and oxygen atoms in total. The number of aromatic nitrogens is 1. The summed E-state index contributed by atoms with van der Waals surface area (Å²) in [7, 11) is 0. The number of urea groups is 1. The van der Waals surface area contributed by atoms with E-state index in [4.69, 9.17) is 0 Å². The number of amides is 2. The van der Waals surface area contributed by atoms with Crippen molar-refractivity contribution in [2.75, 3.05) is 5.32 Å². The van der Waals surface area contributed by atoms with Crippen LogP contribution in [0.5, 0.6) is 0 Å². The molecule has 2 amide bonds. The molecule has 128 valence electrons. The number of hydrogen-bond donors (Lipinski definition) is 2. The number of carbonyl (C=O) groups is 1. The van der Waals surface area contributed by atoms with Crippen LogP contribution in [0.1, 0.15) is 11.3 Å².